The van der Waals surface area contributed by atoms with Gasteiger partial charge in [0.1, 0.15) is 6.29 Å². The molecule has 0 atom stereocenters. The first-order valence-corrected chi connectivity index (χ1v) is 6.14. The predicted octanol–water partition coefficient (Wildman–Crippen LogP) is 3.28. The van der Waals surface area contributed by atoms with Crippen LogP contribution in [0, 0.1) is 5.41 Å². The molecule has 0 saturated heterocycles. The lowest BCUT2D eigenvalue weighted by Crippen LogP contribution is -2.23. The first kappa shape index (κ1) is 15.9. The number of ether oxygens (including phenoxy) is 1. The Kier molecular flexibility index (Phi) is 7.51. The number of rotatable bonds is 7. The van der Waals surface area contributed by atoms with Crippen LogP contribution in [-0.4, -0.2) is 18.9 Å². The summed E-state index contributed by atoms with van der Waals surface area (Å²) in [5, 5.41) is 0. The summed E-state index contributed by atoms with van der Waals surface area (Å²) in [6.07, 6.45) is 6.17. The number of unbranched alkanes of at least 4 members (excludes halogenated alkanes) is 1. The van der Waals surface area contributed by atoms with E-state index >= 15 is 0 Å². The highest BCUT2D eigenvalue weighted by atomic mass is 16.5. The lowest BCUT2D eigenvalue weighted by molar-refractivity contribution is -0.153. The lowest BCUT2D eigenvalue weighted by atomic mass is 9.97. The van der Waals surface area contributed by atoms with E-state index in [-0.39, 0.29) is 5.97 Å². The van der Waals surface area contributed by atoms with Gasteiger partial charge >= 0.3 is 5.97 Å². The first-order chi connectivity index (χ1) is 7.88. The van der Waals surface area contributed by atoms with Crippen LogP contribution in [-0.2, 0) is 14.3 Å². The largest absolute Gasteiger partial charge is 0.465 e. The minimum Gasteiger partial charge on any atom is -0.465 e. The number of hydrogen-bond acceptors (Lipinski definition) is 3. The van der Waals surface area contributed by atoms with Crippen molar-refractivity contribution in [3.63, 3.8) is 0 Å². The Morgan fingerprint density at radius 1 is 1.24 bits per heavy atom. The zero-order valence-electron chi connectivity index (χ0n) is 11.4. The van der Waals surface area contributed by atoms with E-state index < -0.39 is 5.41 Å². The fraction of sp³-hybridized carbons (Fsp3) is 0.714. The standard InChI is InChI=1S/C14H24O3/c1-12(9-7-10-15)8-5-6-11-17-13(16)14(2,3)4/h8,10H,5-7,9,11H2,1-4H3. The number of hydrogen-bond donors (Lipinski definition) is 0. The molecule has 0 aliphatic heterocycles. The number of allylic oxidation sites excluding steroid dienone is 2. The van der Waals surface area contributed by atoms with Gasteiger partial charge in [-0.1, -0.05) is 11.6 Å². The second-order valence-electron chi connectivity index (χ2n) is 5.28. The van der Waals surface area contributed by atoms with Gasteiger partial charge in [-0.3, -0.25) is 4.79 Å². The van der Waals surface area contributed by atoms with Gasteiger partial charge in [0.15, 0.2) is 0 Å². The van der Waals surface area contributed by atoms with Gasteiger partial charge < -0.3 is 9.53 Å². The molecule has 0 fully saturated rings. The summed E-state index contributed by atoms with van der Waals surface area (Å²) in [6.45, 7) is 8.02. The molecule has 0 saturated carbocycles. The van der Waals surface area contributed by atoms with E-state index in [0.717, 1.165) is 25.5 Å². The molecule has 0 rings (SSSR count). The monoisotopic (exact) mass is 240 g/mol. The van der Waals surface area contributed by atoms with Gasteiger partial charge in [-0.15, -0.1) is 0 Å². The van der Waals surface area contributed by atoms with Gasteiger partial charge in [0, 0.05) is 6.42 Å². The Hall–Kier alpha value is -1.12. The van der Waals surface area contributed by atoms with Crippen molar-refractivity contribution in [2.24, 2.45) is 5.41 Å². The Bertz CT molecular complexity index is 272. The number of carbonyl (C=O) groups excluding carboxylic acids is 2. The third-order valence-corrected chi connectivity index (χ3v) is 2.34. The maximum Gasteiger partial charge on any atom is 0.311 e. The zero-order valence-corrected chi connectivity index (χ0v) is 11.4. The molecular weight excluding hydrogens is 216 g/mol. The molecule has 98 valence electrons. The summed E-state index contributed by atoms with van der Waals surface area (Å²) in [7, 11) is 0. The van der Waals surface area contributed by atoms with Crippen LogP contribution in [0.5, 0.6) is 0 Å². The number of aldehydes is 1. The molecule has 17 heavy (non-hydrogen) atoms. The van der Waals surface area contributed by atoms with Crippen molar-refractivity contribution in [1.29, 1.82) is 0 Å². The van der Waals surface area contributed by atoms with Gasteiger partial charge in [0.05, 0.1) is 12.0 Å². The number of esters is 1. The highest BCUT2D eigenvalue weighted by Crippen LogP contribution is 2.15. The van der Waals surface area contributed by atoms with Crippen LogP contribution in [0.4, 0.5) is 0 Å². The third-order valence-electron chi connectivity index (χ3n) is 2.34. The molecule has 0 aliphatic carbocycles. The molecule has 0 bridgehead atoms. The van der Waals surface area contributed by atoms with E-state index in [0.29, 0.717) is 13.0 Å². The van der Waals surface area contributed by atoms with Gasteiger partial charge in [0.25, 0.3) is 0 Å². The van der Waals surface area contributed by atoms with E-state index in [4.69, 9.17) is 4.74 Å². The maximum atomic E-state index is 11.4. The van der Waals surface area contributed by atoms with Gasteiger partial charge in [0.2, 0.25) is 0 Å². The maximum absolute atomic E-state index is 11.4. The SMILES string of the molecule is CC(=CCCCOC(=O)C(C)(C)C)CCC=O. The molecule has 0 N–H and O–H groups in total. The van der Waals surface area contributed by atoms with Crippen molar-refractivity contribution in [3.05, 3.63) is 11.6 Å². The number of carbonyl (C=O) groups is 2. The van der Waals surface area contributed by atoms with Gasteiger partial charge in [-0.25, -0.2) is 0 Å². The van der Waals surface area contributed by atoms with Crippen LogP contribution in [0.1, 0.15) is 53.4 Å². The second kappa shape index (κ2) is 8.04. The molecule has 0 radical (unpaired) electrons. The summed E-state index contributed by atoms with van der Waals surface area (Å²) in [4.78, 5) is 21.6. The molecule has 0 heterocycles. The summed E-state index contributed by atoms with van der Waals surface area (Å²) in [6, 6.07) is 0. The normalized spacial score (nSPS) is 12.4. The fourth-order valence-corrected chi connectivity index (χ4v) is 1.20. The average Bonchev–Trinajstić information content (AvgIpc) is 2.24. The molecule has 0 aliphatic rings. The Balaban J connectivity index is 3.65. The minimum absolute atomic E-state index is 0.154. The second-order valence-corrected chi connectivity index (χ2v) is 5.28. The molecule has 0 amide bonds. The van der Waals surface area contributed by atoms with Crippen LogP contribution >= 0.6 is 0 Å². The highest BCUT2D eigenvalue weighted by Gasteiger charge is 2.22. The van der Waals surface area contributed by atoms with Crippen molar-refractivity contribution in [2.45, 2.75) is 53.4 Å². The summed E-state index contributed by atoms with van der Waals surface area (Å²) < 4.78 is 5.15. The Morgan fingerprint density at radius 2 is 1.88 bits per heavy atom. The highest BCUT2D eigenvalue weighted by molar-refractivity contribution is 5.75. The van der Waals surface area contributed by atoms with Gasteiger partial charge in [-0.05, 0) is 47.0 Å². The molecular formula is C14H24O3. The molecule has 3 heteroatoms. The van der Waals surface area contributed by atoms with Crippen molar-refractivity contribution in [3.8, 4) is 0 Å². The van der Waals surface area contributed by atoms with Crippen molar-refractivity contribution < 1.29 is 14.3 Å². The van der Waals surface area contributed by atoms with Crippen molar-refractivity contribution in [1.82, 2.24) is 0 Å². The van der Waals surface area contributed by atoms with E-state index in [2.05, 4.69) is 6.08 Å². The lowest BCUT2D eigenvalue weighted by Gasteiger charge is -2.16. The van der Waals surface area contributed by atoms with Crippen LogP contribution in [0.25, 0.3) is 0 Å². The van der Waals surface area contributed by atoms with Crippen molar-refractivity contribution in [2.75, 3.05) is 6.61 Å². The third kappa shape index (κ3) is 8.66. The minimum atomic E-state index is -0.421. The Morgan fingerprint density at radius 3 is 2.41 bits per heavy atom. The summed E-state index contributed by atoms with van der Waals surface area (Å²) >= 11 is 0. The van der Waals surface area contributed by atoms with E-state index in [1.807, 2.05) is 27.7 Å². The molecule has 0 unspecified atom stereocenters. The average molecular weight is 240 g/mol. The van der Waals surface area contributed by atoms with Crippen LogP contribution in [0.15, 0.2) is 11.6 Å². The van der Waals surface area contributed by atoms with E-state index in [9.17, 15) is 9.59 Å². The van der Waals surface area contributed by atoms with Crippen LogP contribution in [0.2, 0.25) is 0 Å². The fourth-order valence-electron chi connectivity index (χ4n) is 1.20. The smallest absolute Gasteiger partial charge is 0.311 e. The summed E-state index contributed by atoms with van der Waals surface area (Å²) in [5.74, 6) is -0.154. The zero-order chi connectivity index (χ0) is 13.3. The predicted molar refractivity (Wildman–Crippen MR) is 68.7 cm³/mol. The summed E-state index contributed by atoms with van der Waals surface area (Å²) in [5.41, 5.74) is 0.801. The molecule has 3 nitrogen and oxygen atoms in total. The van der Waals surface area contributed by atoms with Crippen LogP contribution < -0.4 is 0 Å². The molecule has 0 aromatic carbocycles. The Labute approximate surface area is 104 Å². The molecule has 0 aromatic heterocycles. The molecule has 0 spiro atoms. The van der Waals surface area contributed by atoms with Crippen LogP contribution in [0.3, 0.4) is 0 Å². The first-order valence-electron chi connectivity index (χ1n) is 6.14. The quantitative estimate of drug-likeness (QED) is 0.297. The van der Waals surface area contributed by atoms with Crippen molar-refractivity contribution >= 4 is 12.3 Å². The molecule has 0 aromatic rings. The topological polar surface area (TPSA) is 43.4 Å². The van der Waals surface area contributed by atoms with Gasteiger partial charge in [-0.2, -0.15) is 0 Å². The van der Waals surface area contributed by atoms with E-state index in [1.165, 1.54) is 5.57 Å². The van der Waals surface area contributed by atoms with E-state index in [1.54, 1.807) is 0 Å².